The van der Waals surface area contributed by atoms with Crippen molar-refractivity contribution in [3.05, 3.63) is 32.4 Å². The van der Waals surface area contributed by atoms with Crippen molar-refractivity contribution in [1.82, 2.24) is 0 Å². The first-order valence-electron chi connectivity index (χ1n) is 4.97. The van der Waals surface area contributed by atoms with Crippen molar-refractivity contribution < 1.29 is 48.7 Å². The van der Waals surface area contributed by atoms with Crippen molar-refractivity contribution in [2.75, 3.05) is 0 Å². The van der Waals surface area contributed by atoms with Crippen LogP contribution in [0.5, 0.6) is 0 Å². The SMILES string of the molecule is Cc1c([IH+])ccc(C(C)(C)[CH2][Hg])c1C. The van der Waals surface area contributed by atoms with Crippen LogP contribution >= 0.6 is 0 Å². The van der Waals surface area contributed by atoms with Gasteiger partial charge in [-0.05, 0) is 0 Å². The molecule has 0 aliphatic carbocycles. The summed E-state index contributed by atoms with van der Waals surface area (Å²) in [6.45, 7) is 9.25. The van der Waals surface area contributed by atoms with Crippen molar-refractivity contribution in [2.45, 2.75) is 37.0 Å². The molecule has 0 fully saturated rings. The summed E-state index contributed by atoms with van der Waals surface area (Å²) in [7, 11) is 0. The van der Waals surface area contributed by atoms with Crippen LogP contribution in [0.25, 0.3) is 0 Å². The summed E-state index contributed by atoms with van der Waals surface area (Å²) in [5.74, 6) is 0. The van der Waals surface area contributed by atoms with E-state index in [0.29, 0.717) is 5.41 Å². The van der Waals surface area contributed by atoms with E-state index in [4.69, 9.17) is 0 Å². The van der Waals surface area contributed by atoms with Gasteiger partial charge in [-0.15, -0.1) is 0 Å². The Balaban J connectivity index is 3.31. The number of benzene rings is 1. The van der Waals surface area contributed by atoms with Gasteiger partial charge in [0.2, 0.25) is 0 Å². The maximum atomic E-state index is 2.37. The summed E-state index contributed by atoms with van der Waals surface area (Å²) in [5.41, 5.74) is 4.93. The Morgan fingerprint density at radius 1 is 1.21 bits per heavy atom. The Morgan fingerprint density at radius 2 is 1.79 bits per heavy atom. The van der Waals surface area contributed by atoms with Gasteiger partial charge in [0.25, 0.3) is 0 Å². The van der Waals surface area contributed by atoms with E-state index in [1.54, 1.807) is 5.56 Å². The van der Waals surface area contributed by atoms with Gasteiger partial charge in [-0.3, -0.25) is 0 Å². The van der Waals surface area contributed by atoms with E-state index in [2.05, 4.69) is 62.4 Å². The van der Waals surface area contributed by atoms with Crippen molar-refractivity contribution in [1.29, 1.82) is 0 Å². The molecule has 0 spiro atoms. The third kappa shape index (κ3) is 2.52. The van der Waals surface area contributed by atoms with Crippen LogP contribution in [-0.4, -0.2) is 0 Å². The summed E-state index contributed by atoms with van der Waals surface area (Å²) in [6, 6.07) is 4.60. The molecule has 0 aromatic heterocycles. The van der Waals surface area contributed by atoms with Gasteiger partial charge < -0.3 is 0 Å². The zero-order valence-electron chi connectivity index (χ0n) is 9.48. The summed E-state index contributed by atoms with van der Waals surface area (Å²) in [6.07, 6.45) is 0. The van der Waals surface area contributed by atoms with Crippen LogP contribution in [0, 0.1) is 17.4 Å². The second-order valence-electron chi connectivity index (χ2n) is 4.50. The summed E-state index contributed by atoms with van der Waals surface area (Å²) >= 11 is 3.01. The molecule has 14 heavy (non-hydrogen) atoms. The average molecular weight is 489 g/mol. The van der Waals surface area contributed by atoms with Crippen LogP contribution in [0.2, 0.25) is 3.93 Å². The zero-order valence-corrected chi connectivity index (χ0v) is 17.3. The molecule has 1 aromatic rings. The predicted octanol–water partition coefficient (Wildman–Crippen LogP) is 0.00134. The van der Waals surface area contributed by atoms with Gasteiger partial charge in [0.15, 0.2) is 0 Å². The first-order valence-corrected chi connectivity index (χ1v) is 10.0. The molecular formula is C12H17HgI+. The molecule has 0 N–H and O–H groups in total. The van der Waals surface area contributed by atoms with Crippen LogP contribution in [0.1, 0.15) is 30.5 Å². The topological polar surface area (TPSA) is 0 Å². The Bertz CT molecular complexity index is 342. The molecule has 0 saturated heterocycles. The van der Waals surface area contributed by atoms with E-state index in [1.807, 2.05) is 0 Å². The zero-order chi connectivity index (χ0) is 10.9. The molecule has 0 aliphatic heterocycles. The standard InChI is InChI=1S/C12H17I.Hg/c1-8-9(2)11(13)7-6-10(8)12(3,4)5;/h6-7,13H,3H2,1-2,4-5H3;/q+1;. The Morgan fingerprint density at radius 3 is 2.29 bits per heavy atom. The van der Waals surface area contributed by atoms with Crippen LogP contribution in [-0.2, 0) is 31.5 Å². The maximum absolute atomic E-state index is 2.37. The van der Waals surface area contributed by atoms with Crippen LogP contribution in [0.15, 0.2) is 12.1 Å². The quantitative estimate of drug-likeness (QED) is 0.406. The van der Waals surface area contributed by atoms with Crippen molar-refractivity contribution in [2.24, 2.45) is 0 Å². The molecule has 0 radical (unpaired) electrons. The van der Waals surface area contributed by atoms with Gasteiger partial charge in [0, 0.05) is 0 Å². The summed E-state index contributed by atoms with van der Waals surface area (Å²) in [5, 5.41) is 0. The molecule has 0 saturated carbocycles. The molecule has 1 rings (SSSR count). The van der Waals surface area contributed by atoms with Crippen LogP contribution in [0.4, 0.5) is 0 Å². The average Bonchev–Trinajstić information content (AvgIpc) is 2.14. The minimum absolute atomic E-state index is 0.396. The monoisotopic (exact) mass is 490 g/mol. The fourth-order valence-electron chi connectivity index (χ4n) is 1.66. The second kappa shape index (κ2) is 4.81. The van der Waals surface area contributed by atoms with Gasteiger partial charge >= 0.3 is 118 Å². The van der Waals surface area contributed by atoms with E-state index in [1.165, 1.54) is 18.6 Å². The van der Waals surface area contributed by atoms with Crippen molar-refractivity contribution >= 4 is 0 Å². The second-order valence-corrected chi connectivity index (χ2v) is 7.69. The van der Waals surface area contributed by atoms with E-state index in [0.717, 1.165) is 26.1 Å². The molecule has 73 valence electrons. The van der Waals surface area contributed by atoms with E-state index in [-0.39, 0.29) is 0 Å². The number of halogens is 1. The van der Waals surface area contributed by atoms with Crippen molar-refractivity contribution in [3.63, 3.8) is 0 Å². The normalized spacial score (nSPS) is 11.9. The molecule has 0 atom stereocenters. The first kappa shape index (κ1) is 13.0. The molecule has 0 nitrogen and oxygen atoms in total. The van der Waals surface area contributed by atoms with Gasteiger partial charge in [-0.2, -0.15) is 0 Å². The summed E-state index contributed by atoms with van der Waals surface area (Å²) in [4.78, 5) is 0. The number of hydrogen-bond acceptors (Lipinski definition) is 0. The Hall–Kier alpha value is 0.885. The van der Waals surface area contributed by atoms with Crippen LogP contribution < -0.4 is 22.6 Å². The van der Waals surface area contributed by atoms with E-state index >= 15 is 0 Å². The first-order chi connectivity index (χ1) is 6.40. The molecular weight excluding hydrogens is 472 g/mol. The molecule has 1 aromatic carbocycles. The minimum atomic E-state index is 0.396. The predicted molar refractivity (Wildman–Crippen MR) is 53.8 cm³/mol. The molecule has 0 bridgehead atoms. The molecule has 2 heteroatoms. The Labute approximate surface area is 117 Å². The van der Waals surface area contributed by atoms with Gasteiger partial charge in [-0.1, -0.05) is 0 Å². The molecule has 0 unspecified atom stereocenters. The molecule has 0 aliphatic rings. The fraction of sp³-hybridized carbons (Fsp3) is 0.500. The van der Waals surface area contributed by atoms with E-state index in [9.17, 15) is 0 Å². The number of rotatable bonds is 2. The number of hydrogen-bond donors (Lipinski definition) is 0. The van der Waals surface area contributed by atoms with Gasteiger partial charge in [-0.25, -0.2) is 0 Å². The molecule has 0 amide bonds. The van der Waals surface area contributed by atoms with Crippen LogP contribution in [0.3, 0.4) is 0 Å². The summed E-state index contributed by atoms with van der Waals surface area (Å²) < 4.78 is 2.81. The van der Waals surface area contributed by atoms with Gasteiger partial charge in [0.05, 0.1) is 0 Å². The third-order valence-corrected chi connectivity index (χ3v) is 9.21. The third-order valence-electron chi connectivity index (χ3n) is 3.09. The fourth-order valence-corrected chi connectivity index (χ4v) is 3.34. The van der Waals surface area contributed by atoms with E-state index < -0.39 is 0 Å². The molecule has 0 heterocycles. The Kier molecular flexibility index (Phi) is 4.45. The van der Waals surface area contributed by atoms with Gasteiger partial charge in [0.1, 0.15) is 0 Å². The van der Waals surface area contributed by atoms with Crippen molar-refractivity contribution in [3.8, 4) is 0 Å².